The summed E-state index contributed by atoms with van der Waals surface area (Å²) in [4.78, 5) is 11.9. The summed E-state index contributed by atoms with van der Waals surface area (Å²) in [6, 6.07) is 7.85. The third-order valence-corrected chi connectivity index (χ3v) is 12.2. The normalized spacial score (nSPS) is 27.2. The lowest BCUT2D eigenvalue weighted by Gasteiger charge is -2.36. The van der Waals surface area contributed by atoms with Crippen molar-refractivity contribution in [3.63, 3.8) is 0 Å². The fourth-order valence-electron chi connectivity index (χ4n) is 7.90. The van der Waals surface area contributed by atoms with Gasteiger partial charge in [0, 0.05) is 46.4 Å². The number of hydrogen-bond donors (Lipinski definition) is 3. The molecule has 10 heteroatoms. The molecular formula is C40H50ClF2N5OS. The third kappa shape index (κ3) is 8.95. The summed E-state index contributed by atoms with van der Waals surface area (Å²) in [5, 5.41) is 26.8. The lowest BCUT2D eigenvalue weighted by Crippen LogP contribution is -2.39. The highest BCUT2D eigenvalue weighted by atomic mass is 35.5. The SMILES string of the molecule is CC(F)CCC/C=C\C(=N)C1=C2CC(CCNCCC3CCC(O)(c4cccnc4)CC3)CN2C(C2CC=CS2)=N[C@H]1c1ccc(F)cc1Cl. The van der Waals surface area contributed by atoms with Gasteiger partial charge in [-0.15, -0.1) is 11.8 Å². The molecule has 3 unspecified atom stereocenters. The number of rotatable bonds is 15. The van der Waals surface area contributed by atoms with Crippen LogP contribution in [0.25, 0.3) is 0 Å². The zero-order chi connectivity index (χ0) is 35.1. The summed E-state index contributed by atoms with van der Waals surface area (Å²) in [5.41, 5.74) is 3.21. The van der Waals surface area contributed by atoms with Gasteiger partial charge in [0.05, 0.1) is 22.7 Å². The number of nitrogens with zero attached hydrogens (tertiary/aromatic N) is 3. The first-order chi connectivity index (χ1) is 24.2. The van der Waals surface area contributed by atoms with Crippen LogP contribution in [0.3, 0.4) is 0 Å². The number of unbranched alkanes of at least 4 members (excludes halogenated alkanes) is 1. The first kappa shape index (κ1) is 36.9. The van der Waals surface area contributed by atoms with Crippen molar-refractivity contribution in [2.45, 2.75) is 101 Å². The van der Waals surface area contributed by atoms with Gasteiger partial charge in [0.25, 0.3) is 0 Å². The molecule has 2 aromatic rings. The second-order valence-corrected chi connectivity index (χ2v) is 15.9. The van der Waals surface area contributed by atoms with E-state index in [-0.39, 0.29) is 5.25 Å². The number of allylic oxidation sites excluding steroid dienone is 4. The van der Waals surface area contributed by atoms with Crippen molar-refractivity contribution in [3.8, 4) is 0 Å². The first-order valence-electron chi connectivity index (χ1n) is 18.3. The Bertz CT molecular complexity index is 1600. The summed E-state index contributed by atoms with van der Waals surface area (Å²) >= 11 is 8.45. The Balaban J connectivity index is 1.12. The average molecular weight is 722 g/mol. The number of aromatic nitrogens is 1. The Hall–Kier alpha value is -2.85. The van der Waals surface area contributed by atoms with E-state index in [9.17, 15) is 19.3 Å². The number of pyridine rings is 1. The van der Waals surface area contributed by atoms with Crippen LogP contribution in [0, 0.1) is 23.1 Å². The number of nitrogens with one attached hydrogen (secondary N) is 2. The molecule has 50 heavy (non-hydrogen) atoms. The Kier molecular flexibility index (Phi) is 12.6. The van der Waals surface area contributed by atoms with Crippen molar-refractivity contribution >= 4 is 34.9 Å². The molecule has 0 radical (unpaired) electrons. The maximum atomic E-state index is 14.2. The topological polar surface area (TPSA) is 84.6 Å². The van der Waals surface area contributed by atoms with Gasteiger partial charge in [0.1, 0.15) is 17.7 Å². The maximum absolute atomic E-state index is 14.2. The fourth-order valence-corrected chi connectivity index (χ4v) is 9.11. The number of aliphatic hydroxyl groups is 1. The quantitative estimate of drug-likeness (QED) is 0.126. The number of amidine groups is 1. The van der Waals surface area contributed by atoms with E-state index in [0.717, 1.165) is 100 Å². The van der Waals surface area contributed by atoms with E-state index >= 15 is 0 Å². The molecule has 2 fully saturated rings. The molecule has 3 N–H and O–H groups in total. The van der Waals surface area contributed by atoms with Gasteiger partial charge in [-0.1, -0.05) is 35.9 Å². The molecule has 1 aromatic carbocycles. The van der Waals surface area contributed by atoms with Crippen LogP contribution >= 0.6 is 23.4 Å². The second kappa shape index (κ2) is 17.1. The minimum atomic E-state index is -0.836. The van der Waals surface area contributed by atoms with Gasteiger partial charge >= 0.3 is 0 Å². The van der Waals surface area contributed by atoms with E-state index in [0.29, 0.717) is 41.0 Å². The molecule has 4 aliphatic rings. The van der Waals surface area contributed by atoms with Gasteiger partial charge < -0.3 is 20.7 Å². The van der Waals surface area contributed by atoms with Crippen molar-refractivity contribution in [1.82, 2.24) is 15.2 Å². The number of benzene rings is 1. The number of hydrogen-bond acceptors (Lipinski definition) is 7. The number of alkyl halides is 1. The molecule has 3 aliphatic heterocycles. The Labute approximate surface area is 305 Å². The predicted octanol–water partition coefficient (Wildman–Crippen LogP) is 9.47. The summed E-state index contributed by atoms with van der Waals surface area (Å²) < 4.78 is 27.6. The van der Waals surface area contributed by atoms with Crippen LogP contribution in [0.4, 0.5) is 8.78 Å². The molecule has 1 aromatic heterocycles. The molecule has 6 rings (SSSR count). The minimum Gasteiger partial charge on any atom is -0.385 e. The molecule has 0 bridgehead atoms. The molecule has 1 aliphatic carbocycles. The Morgan fingerprint density at radius 1 is 1.22 bits per heavy atom. The Morgan fingerprint density at radius 2 is 2.02 bits per heavy atom. The first-order valence-corrected chi connectivity index (χ1v) is 19.6. The van der Waals surface area contributed by atoms with Crippen molar-refractivity contribution in [1.29, 1.82) is 5.41 Å². The standard InChI is InChI=1S/C40H50ClF2N5OS/c1-27(42)7-3-2-4-9-34(44)37-35-23-29(16-21-45-20-15-28-13-17-40(49,18-14-28)30-8-5-19-46-25-30)26-48(35)39(36-10-6-22-50-36)47-38(37)32-12-11-31(43)24-33(32)41/h4-6,8-9,11-12,19,22,24-25,27-29,36,38,44-45,49H,2-3,7,10,13-18,20-21,23,26H2,1H3/b9-4-,44-34?/t27?,28?,29?,36?,38-,40?/m0/s1. The molecule has 1 saturated heterocycles. The molecule has 268 valence electrons. The number of halogens is 3. The lowest BCUT2D eigenvalue weighted by atomic mass is 9.75. The second-order valence-electron chi connectivity index (χ2n) is 14.4. The van der Waals surface area contributed by atoms with Gasteiger partial charge in [-0.2, -0.15) is 0 Å². The monoisotopic (exact) mass is 721 g/mol. The van der Waals surface area contributed by atoms with Crippen LogP contribution in [0.1, 0.15) is 94.7 Å². The van der Waals surface area contributed by atoms with E-state index in [2.05, 4.69) is 26.7 Å². The average Bonchev–Trinajstić information content (AvgIpc) is 3.79. The van der Waals surface area contributed by atoms with Crippen molar-refractivity contribution in [3.05, 3.63) is 99.6 Å². The van der Waals surface area contributed by atoms with Crippen LogP contribution in [0.2, 0.25) is 5.02 Å². The predicted molar refractivity (Wildman–Crippen MR) is 202 cm³/mol. The van der Waals surface area contributed by atoms with Crippen molar-refractivity contribution in [2.75, 3.05) is 19.6 Å². The molecule has 0 amide bonds. The number of thioether (sulfide) groups is 1. The minimum absolute atomic E-state index is 0.184. The lowest BCUT2D eigenvalue weighted by molar-refractivity contribution is -0.0153. The van der Waals surface area contributed by atoms with Crippen molar-refractivity contribution in [2.24, 2.45) is 16.8 Å². The highest BCUT2D eigenvalue weighted by molar-refractivity contribution is 8.03. The van der Waals surface area contributed by atoms with E-state index in [1.165, 1.54) is 12.1 Å². The van der Waals surface area contributed by atoms with Gasteiger partial charge in [0.2, 0.25) is 0 Å². The maximum Gasteiger partial charge on any atom is 0.124 e. The fraction of sp³-hybridized carbons (Fsp3) is 0.525. The van der Waals surface area contributed by atoms with E-state index in [1.807, 2.05) is 24.3 Å². The summed E-state index contributed by atoms with van der Waals surface area (Å²) in [6.45, 7) is 4.30. The third-order valence-electron chi connectivity index (χ3n) is 10.7. The molecule has 4 atom stereocenters. The highest BCUT2D eigenvalue weighted by Gasteiger charge is 2.42. The van der Waals surface area contributed by atoms with Gasteiger partial charge in [-0.3, -0.25) is 9.98 Å². The summed E-state index contributed by atoms with van der Waals surface area (Å²) in [7, 11) is 0. The highest BCUT2D eigenvalue weighted by Crippen LogP contribution is 2.46. The summed E-state index contributed by atoms with van der Waals surface area (Å²) in [6.07, 6.45) is 18.1. The smallest absolute Gasteiger partial charge is 0.124 e. The van der Waals surface area contributed by atoms with E-state index in [1.54, 1.807) is 37.1 Å². The molecule has 1 saturated carbocycles. The van der Waals surface area contributed by atoms with Crippen LogP contribution in [-0.4, -0.2) is 57.6 Å². The zero-order valence-corrected chi connectivity index (χ0v) is 30.5. The summed E-state index contributed by atoms with van der Waals surface area (Å²) in [5.74, 6) is 1.62. The van der Waals surface area contributed by atoms with Crippen LogP contribution in [-0.2, 0) is 5.60 Å². The Morgan fingerprint density at radius 3 is 2.72 bits per heavy atom. The molecule has 4 heterocycles. The number of aliphatic imine (C=N–C) groups is 1. The largest absolute Gasteiger partial charge is 0.385 e. The van der Waals surface area contributed by atoms with Gasteiger partial charge in [0.15, 0.2) is 0 Å². The number of fused-ring (bicyclic) bond motifs is 1. The van der Waals surface area contributed by atoms with Gasteiger partial charge in [-0.05, 0) is 132 Å². The molecule has 6 nitrogen and oxygen atoms in total. The zero-order valence-electron chi connectivity index (χ0n) is 29.0. The van der Waals surface area contributed by atoms with E-state index in [4.69, 9.17) is 16.6 Å². The van der Waals surface area contributed by atoms with Crippen LogP contribution < -0.4 is 5.32 Å². The van der Waals surface area contributed by atoms with E-state index < -0.39 is 23.6 Å². The molecule has 0 spiro atoms. The van der Waals surface area contributed by atoms with Gasteiger partial charge in [-0.25, -0.2) is 8.78 Å². The molecular weight excluding hydrogens is 672 g/mol. The van der Waals surface area contributed by atoms with Crippen LogP contribution in [0.5, 0.6) is 0 Å². The van der Waals surface area contributed by atoms with Crippen molar-refractivity contribution < 1.29 is 13.9 Å². The van der Waals surface area contributed by atoms with Crippen LogP contribution in [0.15, 0.2) is 82.6 Å².